The average molecular weight is 421 g/mol. The highest BCUT2D eigenvalue weighted by Crippen LogP contribution is 2.45. The van der Waals surface area contributed by atoms with Gasteiger partial charge in [-0.1, -0.05) is 48.5 Å². The molecule has 6 heteroatoms. The van der Waals surface area contributed by atoms with Crippen molar-refractivity contribution in [1.29, 1.82) is 0 Å². The predicted molar refractivity (Wildman–Crippen MR) is 115 cm³/mol. The van der Waals surface area contributed by atoms with Crippen LogP contribution in [0.15, 0.2) is 48.5 Å². The number of piperidine rings is 1. The van der Waals surface area contributed by atoms with Crippen molar-refractivity contribution in [1.82, 2.24) is 4.90 Å². The molecule has 6 nitrogen and oxygen atoms in total. The second kappa shape index (κ2) is 8.00. The molecule has 4 atom stereocenters. The normalized spacial score (nSPS) is 27.2. The lowest BCUT2D eigenvalue weighted by Gasteiger charge is -2.47. The number of aliphatic hydroxyl groups is 1. The van der Waals surface area contributed by atoms with Crippen molar-refractivity contribution in [2.24, 2.45) is 11.8 Å². The molecule has 5 rings (SSSR count). The number of fused-ring (bicyclic) bond motifs is 4. The van der Waals surface area contributed by atoms with Gasteiger partial charge in [0.1, 0.15) is 6.61 Å². The van der Waals surface area contributed by atoms with E-state index in [1.54, 1.807) is 4.90 Å². The number of carboxylic acids is 1. The van der Waals surface area contributed by atoms with E-state index in [0.29, 0.717) is 19.4 Å². The number of likely N-dealkylation sites (tertiary alicyclic amines) is 1. The Bertz CT molecular complexity index is 959. The number of benzene rings is 2. The van der Waals surface area contributed by atoms with E-state index in [0.717, 1.165) is 24.0 Å². The van der Waals surface area contributed by atoms with Crippen LogP contribution < -0.4 is 0 Å². The Morgan fingerprint density at radius 2 is 1.61 bits per heavy atom. The molecule has 0 spiro atoms. The molecule has 0 radical (unpaired) electrons. The maximum absolute atomic E-state index is 13.1. The summed E-state index contributed by atoms with van der Waals surface area (Å²) in [4.78, 5) is 26.2. The molecule has 1 saturated carbocycles. The van der Waals surface area contributed by atoms with Gasteiger partial charge in [-0.15, -0.1) is 0 Å². The molecule has 4 unspecified atom stereocenters. The standard InChI is InChI=1S/C25H27NO5/c27-23-20(24(28)29)12-11-15-6-5-13-26(22(15)23)25(30)31-14-21-18-9-3-1-7-16(18)17-8-2-4-10-19(17)21/h1-4,7-10,15,20-23,27H,5-6,11-14H2,(H,28,29). The van der Waals surface area contributed by atoms with Crippen LogP contribution in [-0.2, 0) is 9.53 Å². The topological polar surface area (TPSA) is 87.1 Å². The zero-order valence-electron chi connectivity index (χ0n) is 17.3. The van der Waals surface area contributed by atoms with Crippen LogP contribution in [0.4, 0.5) is 4.79 Å². The third-order valence-electron chi connectivity index (χ3n) is 7.32. The van der Waals surface area contributed by atoms with Gasteiger partial charge in [0.2, 0.25) is 0 Å². The first-order chi connectivity index (χ1) is 15.1. The Labute approximate surface area is 181 Å². The molecule has 1 heterocycles. The van der Waals surface area contributed by atoms with Crippen molar-refractivity contribution in [3.8, 4) is 11.1 Å². The van der Waals surface area contributed by atoms with Crippen LogP contribution in [0, 0.1) is 11.8 Å². The highest BCUT2D eigenvalue weighted by Gasteiger charge is 2.48. The summed E-state index contributed by atoms with van der Waals surface area (Å²) in [6.45, 7) is 0.709. The molecule has 1 amide bonds. The van der Waals surface area contributed by atoms with Crippen molar-refractivity contribution in [3.05, 3.63) is 59.7 Å². The minimum absolute atomic E-state index is 0.0278. The van der Waals surface area contributed by atoms with Crippen LogP contribution in [0.25, 0.3) is 11.1 Å². The summed E-state index contributed by atoms with van der Waals surface area (Å²) in [6.07, 6.45) is 1.40. The Morgan fingerprint density at radius 3 is 2.26 bits per heavy atom. The summed E-state index contributed by atoms with van der Waals surface area (Å²) in [5, 5.41) is 20.2. The van der Waals surface area contributed by atoms with Crippen molar-refractivity contribution in [3.63, 3.8) is 0 Å². The van der Waals surface area contributed by atoms with Gasteiger partial charge in [0.05, 0.1) is 18.1 Å². The van der Waals surface area contributed by atoms with Gasteiger partial charge in [0.15, 0.2) is 0 Å². The van der Waals surface area contributed by atoms with E-state index in [1.807, 2.05) is 24.3 Å². The molecule has 1 aliphatic heterocycles. The van der Waals surface area contributed by atoms with Crippen molar-refractivity contribution in [2.75, 3.05) is 13.2 Å². The smallest absolute Gasteiger partial charge is 0.410 e. The number of carbonyl (C=O) groups is 2. The van der Waals surface area contributed by atoms with Gasteiger partial charge in [-0.3, -0.25) is 4.79 Å². The minimum Gasteiger partial charge on any atom is -0.481 e. The van der Waals surface area contributed by atoms with E-state index in [-0.39, 0.29) is 18.4 Å². The SMILES string of the molecule is O=C(O)C1CCC2CCCN(C(=O)OCC3c4ccccc4-c4ccccc43)C2C1O. The molecule has 31 heavy (non-hydrogen) atoms. The molecule has 1 saturated heterocycles. The maximum atomic E-state index is 13.1. The Kier molecular flexibility index (Phi) is 5.18. The van der Waals surface area contributed by atoms with Gasteiger partial charge in [-0.25, -0.2) is 4.79 Å². The van der Waals surface area contributed by atoms with Crippen molar-refractivity contribution in [2.45, 2.75) is 43.7 Å². The van der Waals surface area contributed by atoms with Crippen LogP contribution in [0.3, 0.4) is 0 Å². The van der Waals surface area contributed by atoms with Crippen molar-refractivity contribution >= 4 is 12.1 Å². The van der Waals surface area contributed by atoms with Crippen molar-refractivity contribution < 1.29 is 24.5 Å². The Morgan fingerprint density at radius 1 is 0.968 bits per heavy atom. The highest BCUT2D eigenvalue weighted by molar-refractivity contribution is 5.79. The second-order valence-electron chi connectivity index (χ2n) is 8.90. The van der Waals surface area contributed by atoms with E-state index in [1.165, 1.54) is 11.1 Å². The van der Waals surface area contributed by atoms with Gasteiger partial charge < -0.3 is 19.8 Å². The van der Waals surface area contributed by atoms with Crippen LogP contribution in [0.5, 0.6) is 0 Å². The number of amides is 1. The number of aliphatic carboxylic acids is 1. The number of nitrogens with zero attached hydrogens (tertiary/aromatic N) is 1. The molecule has 0 aromatic heterocycles. The lowest BCUT2D eigenvalue weighted by atomic mass is 9.72. The Hall–Kier alpha value is -2.86. The van der Waals surface area contributed by atoms with Gasteiger partial charge in [-0.05, 0) is 53.9 Å². The van der Waals surface area contributed by atoms with E-state index in [9.17, 15) is 19.8 Å². The van der Waals surface area contributed by atoms with Gasteiger partial charge in [0, 0.05) is 12.5 Å². The summed E-state index contributed by atoms with van der Waals surface area (Å²) in [7, 11) is 0. The van der Waals surface area contributed by atoms with E-state index in [2.05, 4.69) is 24.3 Å². The quantitative estimate of drug-likeness (QED) is 0.786. The van der Waals surface area contributed by atoms with Crippen LogP contribution >= 0.6 is 0 Å². The largest absolute Gasteiger partial charge is 0.481 e. The minimum atomic E-state index is -1.06. The number of hydrogen-bond acceptors (Lipinski definition) is 4. The summed E-state index contributed by atoms with van der Waals surface area (Å²) in [5.74, 6) is -1.73. The van der Waals surface area contributed by atoms with E-state index in [4.69, 9.17) is 4.74 Å². The highest BCUT2D eigenvalue weighted by atomic mass is 16.6. The monoisotopic (exact) mass is 421 g/mol. The molecule has 2 N–H and O–H groups in total. The molecule has 0 bridgehead atoms. The third-order valence-corrected chi connectivity index (χ3v) is 7.32. The summed E-state index contributed by atoms with van der Waals surface area (Å²) in [6, 6.07) is 15.9. The zero-order valence-corrected chi connectivity index (χ0v) is 17.3. The molecule has 162 valence electrons. The fourth-order valence-corrected chi connectivity index (χ4v) is 5.84. The van der Waals surface area contributed by atoms with Gasteiger partial charge in [0.25, 0.3) is 0 Å². The third kappa shape index (κ3) is 3.39. The number of hydrogen-bond donors (Lipinski definition) is 2. The molecule has 2 aromatic rings. The number of carbonyl (C=O) groups excluding carboxylic acids is 1. The van der Waals surface area contributed by atoms with Gasteiger partial charge in [-0.2, -0.15) is 0 Å². The molecule has 3 aliphatic rings. The van der Waals surface area contributed by atoms with E-state index < -0.39 is 30.1 Å². The van der Waals surface area contributed by atoms with Crippen LogP contribution in [0.2, 0.25) is 0 Å². The fraction of sp³-hybridized carbons (Fsp3) is 0.440. The molecular weight excluding hydrogens is 394 g/mol. The van der Waals surface area contributed by atoms with Crippen LogP contribution in [-0.4, -0.2) is 52.5 Å². The lowest BCUT2D eigenvalue weighted by Crippen LogP contribution is -2.59. The number of ether oxygens (including phenoxy) is 1. The zero-order chi connectivity index (χ0) is 21.5. The number of rotatable bonds is 3. The molecule has 2 aliphatic carbocycles. The number of aliphatic hydroxyl groups excluding tert-OH is 1. The summed E-state index contributed by atoms with van der Waals surface area (Å²) in [5.41, 5.74) is 4.64. The molecule has 2 aromatic carbocycles. The molecular formula is C25H27NO5. The first kappa shape index (κ1) is 20.1. The fourth-order valence-electron chi connectivity index (χ4n) is 5.84. The average Bonchev–Trinajstić information content (AvgIpc) is 3.11. The van der Waals surface area contributed by atoms with E-state index >= 15 is 0 Å². The Balaban J connectivity index is 1.34. The lowest BCUT2D eigenvalue weighted by molar-refractivity contribution is -0.153. The number of carboxylic acid groups (broad SMARTS) is 1. The first-order valence-electron chi connectivity index (χ1n) is 11.1. The summed E-state index contributed by atoms with van der Waals surface area (Å²) >= 11 is 0. The maximum Gasteiger partial charge on any atom is 0.410 e. The predicted octanol–water partition coefficient (Wildman–Crippen LogP) is 3.87. The molecule has 2 fully saturated rings. The summed E-state index contributed by atoms with van der Waals surface area (Å²) < 4.78 is 5.80. The first-order valence-corrected chi connectivity index (χ1v) is 11.1. The second-order valence-corrected chi connectivity index (χ2v) is 8.90. The van der Waals surface area contributed by atoms with Gasteiger partial charge >= 0.3 is 12.1 Å². The van der Waals surface area contributed by atoms with Crippen LogP contribution in [0.1, 0.15) is 42.7 Å².